The van der Waals surface area contributed by atoms with Gasteiger partial charge >= 0.3 is 0 Å². The third-order valence-electron chi connectivity index (χ3n) is 6.93. The van der Waals surface area contributed by atoms with Gasteiger partial charge in [0.2, 0.25) is 0 Å². The van der Waals surface area contributed by atoms with E-state index in [1.807, 2.05) is 6.07 Å². The van der Waals surface area contributed by atoms with Crippen LogP contribution in [0.15, 0.2) is 60.7 Å². The predicted molar refractivity (Wildman–Crippen MR) is 151 cm³/mol. The van der Waals surface area contributed by atoms with E-state index >= 15 is 0 Å². The molecule has 0 N–H and O–H groups in total. The smallest absolute Gasteiger partial charge is 0.0810 e. The maximum atomic E-state index is 6.00. The zero-order chi connectivity index (χ0) is 24.7. The summed E-state index contributed by atoms with van der Waals surface area (Å²) in [6.45, 7) is 4.44. The van der Waals surface area contributed by atoms with E-state index in [9.17, 15) is 0 Å². The van der Waals surface area contributed by atoms with E-state index in [1.165, 1.54) is 107 Å². The van der Waals surface area contributed by atoms with Crippen molar-refractivity contribution in [3.63, 3.8) is 0 Å². The minimum absolute atomic E-state index is 0.204. The van der Waals surface area contributed by atoms with Gasteiger partial charge in [-0.25, -0.2) is 0 Å². The standard InChI is InChI=1S/C33H52O2/c1-2-33(35-29-32-26-20-16-21-27-32)30-34-28-22-14-12-10-8-6-4-3-5-7-9-11-13-17-23-31-24-18-15-19-25-31/h15-16,18-21,24-27,33H,2-14,17,22-23,28-30H2,1H3. The molecule has 0 saturated carbocycles. The summed E-state index contributed by atoms with van der Waals surface area (Å²) < 4.78 is 11.9. The summed E-state index contributed by atoms with van der Waals surface area (Å²) in [7, 11) is 0. The SMILES string of the molecule is CCC(COCCCCCCCCCCCCCCCCc1ccccc1)OCc1ccccc1. The Labute approximate surface area is 216 Å². The molecule has 0 fully saturated rings. The number of rotatable bonds is 23. The van der Waals surface area contributed by atoms with Crippen molar-refractivity contribution in [1.82, 2.24) is 0 Å². The second-order valence-electron chi connectivity index (χ2n) is 10.1. The average Bonchev–Trinajstić information content (AvgIpc) is 2.91. The van der Waals surface area contributed by atoms with Crippen LogP contribution in [-0.2, 0) is 22.5 Å². The van der Waals surface area contributed by atoms with Crippen molar-refractivity contribution in [1.29, 1.82) is 0 Å². The molecule has 0 aliphatic rings. The first-order chi connectivity index (χ1) is 17.4. The van der Waals surface area contributed by atoms with Crippen LogP contribution in [0.1, 0.15) is 114 Å². The molecule has 0 aliphatic carbocycles. The van der Waals surface area contributed by atoms with Crippen molar-refractivity contribution in [2.24, 2.45) is 0 Å². The highest BCUT2D eigenvalue weighted by atomic mass is 16.5. The first-order valence-electron chi connectivity index (χ1n) is 14.7. The maximum absolute atomic E-state index is 6.00. The van der Waals surface area contributed by atoms with E-state index in [4.69, 9.17) is 9.47 Å². The summed E-state index contributed by atoms with van der Waals surface area (Å²) in [5, 5.41) is 0. The summed E-state index contributed by atoms with van der Waals surface area (Å²) in [5.74, 6) is 0. The fraction of sp³-hybridized carbons (Fsp3) is 0.636. The van der Waals surface area contributed by atoms with E-state index in [-0.39, 0.29) is 6.10 Å². The Morgan fingerprint density at radius 1 is 0.543 bits per heavy atom. The van der Waals surface area contributed by atoms with Gasteiger partial charge in [-0.1, -0.05) is 145 Å². The molecule has 35 heavy (non-hydrogen) atoms. The zero-order valence-electron chi connectivity index (χ0n) is 22.6. The normalized spacial score (nSPS) is 12.1. The largest absolute Gasteiger partial charge is 0.379 e. The van der Waals surface area contributed by atoms with Gasteiger partial charge in [-0.05, 0) is 36.8 Å². The Balaban J connectivity index is 1.26. The van der Waals surface area contributed by atoms with E-state index < -0.39 is 0 Å². The van der Waals surface area contributed by atoms with Gasteiger partial charge in [0.25, 0.3) is 0 Å². The van der Waals surface area contributed by atoms with Crippen molar-refractivity contribution < 1.29 is 9.47 Å². The molecule has 1 atom stereocenters. The molecule has 0 radical (unpaired) electrons. The molecule has 0 bridgehead atoms. The van der Waals surface area contributed by atoms with Crippen molar-refractivity contribution in [3.8, 4) is 0 Å². The van der Waals surface area contributed by atoms with Crippen LogP contribution in [0.25, 0.3) is 0 Å². The van der Waals surface area contributed by atoms with Gasteiger partial charge in [0.05, 0.1) is 19.3 Å². The molecular weight excluding hydrogens is 428 g/mol. The quantitative estimate of drug-likeness (QED) is 0.147. The zero-order valence-corrected chi connectivity index (χ0v) is 22.6. The summed E-state index contributed by atoms with van der Waals surface area (Å²) >= 11 is 0. The lowest BCUT2D eigenvalue weighted by Crippen LogP contribution is -2.19. The maximum Gasteiger partial charge on any atom is 0.0810 e. The van der Waals surface area contributed by atoms with E-state index in [0.29, 0.717) is 6.61 Å². The lowest BCUT2D eigenvalue weighted by Gasteiger charge is -2.16. The van der Waals surface area contributed by atoms with Gasteiger partial charge in [0, 0.05) is 6.61 Å². The van der Waals surface area contributed by atoms with Crippen molar-refractivity contribution in [2.75, 3.05) is 13.2 Å². The lowest BCUT2D eigenvalue weighted by molar-refractivity contribution is -0.0269. The van der Waals surface area contributed by atoms with Crippen molar-refractivity contribution >= 4 is 0 Å². The molecule has 2 aromatic rings. The molecule has 0 saturated heterocycles. The average molecular weight is 481 g/mol. The summed E-state index contributed by atoms with van der Waals surface area (Å²) in [6, 6.07) is 21.3. The Morgan fingerprint density at radius 3 is 1.51 bits per heavy atom. The Morgan fingerprint density at radius 2 is 1.00 bits per heavy atom. The fourth-order valence-corrected chi connectivity index (χ4v) is 4.59. The Bertz CT molecular complexity index is 685. The van der Waals surface area contributed by atoms with Crippen LogP contribution in [0.3, 0.4) is 0 Å². The van der Waals surface area contributed by atoms with Gasteiger partial charge in [-0.3, -0.25) is 0 Å². The van der Waals surface area contributed by atoms with Crippen LogP contribution in [-0.4, -0.2) is 19.3 Å². The van der Waals surface area contributed by atoms with Crippen molar-refractivity contribution in [2.45, 2.75) is 122 Å². The highest BCUT2D eigenvalue weighted by molar-refractivity contribution is 5.14. The fourth-order valence-electron chi connectivity index (χ4n) is 4.59. The number of unbranched alkanes of at least 4 members (excludes halogenated alkanes) is 13. The third-order valence-corrected chi connectivity index (χ3v) is 6.93. The molecule has 0 spiro atoms. The molecule has 1 unspecified atom stereocenters. The summed E-state index contributed by atoms with van der Waals surface area (Å²) in [6.07, 6.45) is 21.8. The van der Waals surface area contributed by atoms with Gasteiger partial charge in [0.15, 0.2) is 0 Å². The topological polar surface area (TPSA) is 18.5 Å². The molecule has 2 heteroatoms. The summed E-state index contributed by atoms with van der Waals surface area (Å²) in [4.78, 5) is 0. The number of hydrogen-bond donors (Lipinski definition) is 0. The van der Waals surface area contributed by atoms with Crippen LogP contribution in [0.5, 0.6) is 0 Å². The minimum Gasteiger partial charge on any atom is -0.379 e. The van der Waals surface area contributed by atoms with Crippen LogP contribution in [0, 0.1) is 0 Å². The molecule has 0 aliphatic heterocycles. The molecule has 0 amide bonds. The molecule has 0 heterocycles. The van der Waals surface area contributed by atoms with E-state index in [0.717, 1.165) is 19.6 Å². The Kier molecular flexibility index (Phi) is 18.3. The van der Waals surface area contributed by atoms with Crippen LogP contribution in [0.4, 0.5) is 0 Å². The highest BCUT2D eigenvalue weighted by Gasteiger charge is 2.07. The van der Waals surface area contributed by atoms with Crippen LogP contribution >= 0.6 is 0 Å². The van der Waals surface area contributed by atoms with E-state index in [2.05, 4.69) is 61.5 Å². The summed E-state index contributed by atoms with van der Waals surface area (Å²) in [5.41, 5.74) is 2.72. The second kappa shape index (κ2) is 21.6. The lowest BCUT2D eigenvalue weighted by atomic mass is 10.0. The highest BCUT2D eigenvalue weighted by Crippen LogP contribution is 2.14. The second-order valence-corrected chi connectivity index (χ2v) is 10.1. The number of benzene rings is 2. The van der Waals surface area contributed by atoms with Gasteiger partial charge < -0.3 is 9.47 Å². The van der Waals surface area contributed by atoms with Gasteiger partial charge in [-0.2, -0.15) is 0 Å². The van der Waals surface area contributed by atoms with Gasteiger partial charge in [-0.15, -0.1) is 0 Å². The molecule has 2 nitrogen and oxygen atoms in total. The molecule has 196 valence electrons. The first-order valence-corrected chi connectivity index (χ1v) is 14.7. The third kappa shape index (κ3) is 16.6. The number of ether oxygens (including phenoxy) is 2. The Hall–Kier alpha value is -1.64. The minimum atomic E-state index is 0.204. The molecule has 2 aromatic carbocycles. The molecular formula is C33H52O2. The van der Waals surface area contributed by atoms with Crippen LogP contribution in [0.2, 0.25) is 0 Å². The first kappa shape index (κ1) is 29.6. The molecule has 0 aromatic heterocycles. The monoisotopic (exact) mass is 480 g/mol. The van der Waals surface area contributed by atoms with Gasteiger partial charge in [0.1, 0.15) is 0 Å². The van der Waals surface area contributed by atoms with Crippen molar-refractivity contribution in [3.05, 3.63) is 71.8 Å². The van der Waals surface area contributed by atoms with Crippen LogP contribution < -0.4 is 0 Å². The van der Waals surface area contributed by atoms with E-state index in [1.54, 1.807) is 0 Å². The molecule has 2 rings (SSSR count). The predicted octanol–water partition coefficient (Wildman–Crippen LogP) is 9.70. The number of aryl methyl sites for hydroxylation is 1. The number of hydrogen-bond acceptors (Lipinski definition) is 2.